The molecular weight excluding hydrogens is 364 g/mol. The monoisotopic (exact) mass is 400 g/mol. The number of urea groups is 1. The van der Waals surface area contributed by atoms with Gasteiger partial charge in [0.2, 0.25) is 5.91 Å². The van der Waals surface area contributed by atoms with Gasteiger partial charge in [-0.25, -0.2) is 4.79 Å². The lowest BCUT2D eigenvalue weighted by Crippen LogP contribution is -2.59. The van der Waals surface area contributed by atoms with Gasteiger partial charge in [0.25, 0.3) is 0 Å². The first-order valence-corrected chi connectivity index (χ1v) is 11.1. The fourth-order valence-corrected chi connectivity index (χ4v) is 4.90. The lowest BCUT2D eigenvalue weighted by molar-refractivity contribution is -0.127. The van der Waals surface area contributed by atoms with Gasteiger partial charge in [0.05, 0.1) is 0 Å². The molecule has 1 saturated heterocycles. The van der Waals surface area contributed by atoms with Crippen molar-refractivity contribution >= 4 is 11.9 Å². The van der Waals surface area contributed by atoms with Crippen molar-refractivity contribution in [2.24, 2.45) is 11.8 Å². The molecule has 160 valence electrons. The Morgan fingerprint density at radius 3 is 2.34 bits per heavy atom. The van der Waals surface area contributed by atoms with Crippen LogP contribution in [0.4, 0.5) is 4.79 Å². The van der Waals surface area contributed by atoms with Crippen LogP contribution in [-0.4, -0.2) is 48.6 Å². The summed E-state index contributed by atoms with van der Waals surface area (Å²) in [5.74, 6) is 1.39. The number of hydrogen-bond acceptors (Lipinski definition) is 3. The average molecular weight is 401 g/mol. The topological polar surface area (TPSA) is 73.5 Å². The van der Waals surface area contributed by atoms with Gasteiger partial charge in [0, 0.05) is 32.7 Å². The Bertz CT molecular complexity index is 663. The molecule has 1 aliphatic carbocycles. The predicted octanol–water partition coefficient (Wildman–Crippen LogP) is 2.89. The molecule has 1 aromatic rings. The Morgan fingerprint density at radius 1 is 1.03 bits per heavy atom. The summed E-state index contributed by atoms with van der Waals surface area (Å²) in [6, 6.07) is 9.52. The number of nitrogens with one attached hydrogen (secondary N) is 3. The van der Waals surface area contributed by atoms with Crippen molar-refractivity contribution in [3.63, 3.8) is 0 Å². The number of benzene rings is 1. The van der Waals surface area contributed by atoms with Crippen LogP contribution in [0.1, 0.15) is 51.5 Å². The van der Waals surface area contributed by atoms with Gasteiger partial charge >= 0.3 is 6.03 Å². The van der Waals surface area contributed by atoms with Crippen molar-refractivity contribution in [2.45, 2.75) is 58.0 Å². The van der Waals surface area contributed by atoms with E-state index in [0.717, 1.165) is 38.0 Å². The van der Waals surface area contributed by atoms with E-state index in [0.29, 0.717) is 37.8 Å². The SMILES string of the molecule is CC1CC(C)CN(CCNC(=O)C2(NC(=O)NCc3ccccc3)CCCC2)C1. The third-order valence-corrected chi connectivity index (χ3v) is 6.20. The van der Waals surface area contributed by atoms with Gasteiger partial charge in [0.15, 0.2) is 0 Å². The van der Waals surface area contributed by atoms with E-state index < -0.39 is 5.54 Å². The van der Waals surface area contributed by atoms with E-state index in [1.807, 2.05) is 30.3 Å². The Hall–Kier alpha value is -2.08. The van der Waals surface area contributed by atoms with Crippen molar-refractivity contribution in [1.82, 2.24) is 20.9 Å². The number of carbonyl (C=O) groups is 2. The smallest absolute Gasteiger partial charge is 0.315 e. The van der Waals surface area contributed by atoms with Crippen LogP contribution >= 0.6 is 0 Å². The maximum atomic E-state index is 13.0. The highest BCUT2D eigenvalue weighted by Gasteiger charge is 2.42. The van der Waals surface area contributed by atoms with Crippen LogP contribution in [0.25, 0.3) is 0 Å². The van der Waals surface area contributed by atoms with Gasteiger partial charge in [-0.15, -0.1) is 0 Å². The molecule has 2 aliphatic rings. The van der Waals surface area contributed by atoms with E-state index in [1.165, 1.54) is 6.42 Å². The molecule has 1 saturated carbocycles. The van der Waals surface area contributed by atoms with E-state index in [4.69, 9.17) is 0 Å². The van der Waals surface area contributed by atoms with Crippen LogP contribution < -0.4 is 16.0 Å². The number of carbonyl (C=O) groups excluding carboxylic acids is 2. The Labute approximate surface area is 174 Å². The summed E-state index contributed by atoms with van der Waals surface area (Å²) in [6.07, 6.45) is 4.62. The van der Waals surface area contributed by atoms with Gasteiger partial charge in [-0.1, -0.05) is 57.0 Å². The van der Waals surface area contributed by atoms with Crippen molar-refractivity contribution in [3.8, 4) is 0 Å². The molecule has 0 bridgehead atoms. The molecule has 29 heavy (non-hydrogen) atoms. The van der Waals surface area contributed by atoms with E-state index in [-0.39, 0.29) is 11.9 Å². The van der Waals surface area contributed by atoms with Crippen molar-refractivity contribution in [1.29, 1.82) is 0 Å². The second-order valence-electron chi connectivity index (χ2n) is 9.04. The zero-order valence-corrected chi connectivity index (χ0v) is 17.9. The van der Waals surface area contributed by atoms with Crippen molar-refractivity contribution < 1.29 is 9.59 Å². The van der Waals surface area contributed by atoms with E-state index in [1.54, 1.807) is 0 Å². The number of amides is 3. The molecule has 2 unspecified atom stereocenters. The van der Waals surface area contributed by atoms with Gasteiger partial charge in [-0.2, -0.15) is 0 Å². The van der Waals surface area contributed by atoms with E-state index in [2.05, 4.69) is 34.7 Å². The highest BCUT2D eigenvalue weighted by Crippen LogP contribution is 2.30. The molecule has 2 fully saturated rings. The highest BCUT2D eigenvalue weighted by atomic mass is 16.2. The van der Waals surface area contributed by atoms with Gasteiger partial charge < -0.3 is 20.9 Å². The molecule has 6 nitrogen and oxygen atoms in total. The van der Waals surface area contributed by atoms with Gasteiger partial charge in [-0.3, -0.25) is 4.79 Å². The predicted molar refractivity (Wildman–Crippen MR) is 115 cm³/mol. The molecule has 0 aromatic heterocycles. The summed E-state index contributed by atoms with van der Waals surface area (Å²) < 4.78 is 0. The zero-order chi connectivity index (χ0) is 20.7. The molecule has 3 amide bonds. The first kappa shape index (κ1) is 21.6. The lowest BCUT2D eigenvalue weighted by Gasteiger charge is -2.35. The normalized spacial score (nSPS) is 24.1. The Kier molecular flexibility index (Phi) is 7.53. The van der Waals surface area contributed by atoms with Crippen LogP contribution in [0.5, 0.6) is 0 Å². The summed E-state index contributed by atoms with van der Waals surface area (Å²) in [4.78, 5) is 27.9. The Balaban J connectivity index is 1.47. The number of likely N-dealkylation sites (tertiary alicyclic amines) is 1. The minimum absolute atomic E-state index is 0.0389. The van der Waals surface area contributed by atoms with Gasteiger partial charge in [-0.05, 0) is 36.7 Å². The second kappa shape index (κ2) is 10.1. The molecule has 0 radical (unpaired) electrons. The van der Waals surface area contributed by atoms with Crippen LogP contribution in [0.3, 0.4) is 0 Å². The maximum absolute atomic E-state index is 13.0. The fraction of sp³-hybridized carbons (Fsp3) is 0.652. The van der Waals surface area contributed by atoms with Crippen LogP contribution in [0, 0.1) is 11.8 Å². The first-order chi connectivity index (χ1) is 14.0. The summed E-state index contributed by atoms with van der Waals surface area (Å²) in [7, 11) is 0. The van der Waals surface area contributed by atoms with E-state index >= 15 is 0 Å². The Morgan fingerprint density at radius 2 is 1.69 bits per heavy atom. The molecule has 1 aliphatic heterocycles. The number of rotatable bonds is 7. The molecular formula is C23H36N4O2. The van der Waals surface area contributed by atoms with Crippen LogP contribution in [0.2, 0.25) is 0 Å². The largest absolute Gasteiger partial charge is 0.353 e. The minimum atomic E-state index is -0.775. The van der Waals surface area contributed by atoms with Crippen molar-refractivity contribution in [2.75, 3.05) is 26.2 Å². The molecule has 6 heteroatoms. The standard InChI is InChI=1S/C23H36N4O2/c1-18-14-19(2)17-27(16-18)13-12-24-21(28)23(10-6-7-11-23)26-22(29)25-15-20-8-4-3-5-9-20/h3-5,8-9,18-19H,6-7,10-17H2,1-2H3,(H,24,28)(H2,25,26,29). The molecule has 3 N–H and O–H groups in total. The highest BCUT2D eigenvalue weighted by molar-refractivity contribution is 5.91. The summed E-state index contributed by atoms with van der Waals surface area (Å²) >= 11 is 0. The average Bonchev–Trinajstić information content (AvgIpc) is 3.16. The molecule has 1 aromatic carbocycles. The summed E-state index contributed by atoms with van der Waals surface area (Å²) in [6.45, 7) is 8.76. The molecule has 2 atom stereocenters. The molecule has 3 rings (SSSR count). The first-order valence-electron chi connectivity index (χ1n) is 11.1. The van der Waals surface area contributed by atoms with Crippen LogP contribution in [0.15, 0.2) is 30.3 Å². The lowest BCUT2D eigenvalue weighted by atomic mass is 9.92. The third kappa shape index (κ3) is 6.20. The summed E-state index contributed by atoms with van der Waals surface area (Å²) in [5.41, 5.74) is 0.265. The summed E-state index contributed by atoms with van der Waals surface area (Å²) in [5, 5.41) is 8.97. The van der Waals surface area contributed by atoms with Gasteiger partial charge in [0.1, 0.15) is 5.54 Å². The number of nitrogens with zero attached hydrogens (tertiary/aromatic N) is 1. The second-order valence-corrected chi connectivity index (χ2v) is 9.04. The quantitative estimate of drug-likeness (QED) is 0.659. The zero-order valence-electron chi connectivity index (χ0n) is 17.9. The maximum Gasteiger partial charge on any atom is 0.315 e. The number of hydrogen-bond donors (Lipinski definition) is 3. The van der Waals surface area contributed by atoms with Crippen molar-refractivity contribution in [3.05, 3.63) is 35.9 Å². The van der Waals surface area contributed by atoms with E-state index in [9.17, 15) is 9.59 Å². The minimum Gasteiger partial charge on any atom is -0.353 e. The molecule has 1 heterocycles. The fourth-order valence-electron chi connectivity index (χ4n) is 4.90. The third-order valence-electron chi connectivity index (χ3n) is 6.20. The van der Waals surface area contributed by atoms with Crippen LogP contribution in [-0.2, 0) is 11.3 Å². The molecule has 0 spiro atoms. The number of piperidine rings is 1.